The van der Waals surface area contributed by atoms with E-state index in [9.17, 15) is 13.6 Å². The van der Waals surface area contributed by atoms with E-state index in [-0.39, 0.29) is 17.2 Å². The number of anilines is 1. The van der Waals surface area contributed by atoms with Gasteiger partial charge in [0.2, 0.25) is 5.91 Å². The second kappa shape index (κ2) is 6.57. The zero-order valence-corrected chi connectivity index (χ0v) is 14.3. The number of hydrogen-bond donors (Lipinski definition) is 2. The molecule has 1 aliphatic carbocycles. The molecule has 3 N–H and O–H groups in total. The van der Waals surface area contributed by atoms with Gasteiger partial charge in [0, 0.05) is 16.2 Å². The first kappa shape index (κ1) is 17.0. The van der Waals surface area contributed by atoms with Crippen molar-refractivity contribution >= 4 is 27.5 Å². The van der Waals surface area contributed by atoms with Crippen molar-refractivity contribution in [2.24, 2.45) is 5.73 Å². The average Bonchev–Trinajstić information content (AvgIpc) is 2.55. The van der Waals surface area contributed by atoms with Crippen LogP contribution in [0.25, 0.3) is 0 Å². The fraction of sp³-hybridized carbons (Fsp3) is 0.294. The highest BCUT2D eigenvalue weighted by atomic mass is 79.9. The Labute approximate surface area is 146 Å². The molecule has 3 rings (SSSR count). The van der Waals surface area contributed by atoms with Gasteiger partial charge in [-0.15, -0.1) is 0 Å². The van der Waals surface area contributed by atoms with Crippen LogP contribution >= 0.6 is 15.9 Å². The maximum absolute atomic E-state index is 12.7. The van der Waals surface area contributed by atoms with Crippen molar-refractivity contribution in [2.75, 3.05) is 5.32 Å². The van der Waals surface area contributed by atoms with Crippen molar-refractivity contribution in [3.63, 3.8) is 0 Å². The molecule has 0 bridgehead atoms. The number of nitrogens with two attached hydrogens (primary N) is 1. The number of nitrogens with zero attached hydrogens (tertiary/aromatic N) is 1. The predicted molar refractivity (Wildman–Crippen MR) is 90.9 cm³/mol. The van der Waals surface area contributed by atoms with Crippen LogP contribution in [0.4, 0.5) is 14.5 Å². The summed E-state index contributed by atoms with van der Waals surface area (Å²) in [5.41, 5.74) is 7.42. The number of halogens is 3. The van der Waals surface area contributed by atoms with Crippen molar-refractivity contribution in [1.82, 2.24) is 4.98 Å². The minimum Gasteiger partial charge on any atom is -0.323 e. The molecule has 0 saturated carbocycles. The molecule has 1 heterocycles. The normalized spacial score (nSPS) is 19.9. The van der Waals surface area contributed by atoms with E-state index >= 15 is 0 Å². The molecule has 4 nitrogen and oxygen atoms in total. The number of fused-ring (bicyclic) bond motifs is 1. The lowest BCUT2D eigenvalue weighted by Crippen LogP contribution is -2.54. The molecule has 126 valence electrons. The van der Waals surface area contributed by atoms with E-state index in [2.05, 4.69) is 26.2 Å². The highest BCUT2D eigenvalue weighted by molar-refractivity contribution is 9.10. The zero-order valence-electron chi connectivity index (χ0n) is 12.7. The highest BCUT2D eigenvalue weighted by Gasteiger charge is 2.37. The lowest BCUT2D eigenvalue weighted by molar-refractivity contribution is -0.121. The smallest absolute Gasteiger partial charge is 0.265 e. The van der Waals surface area contributed by atoms with Gasteiger partial charge in [-0.25, -0.2) is 8.78 Å². The standard InChI is InChI=1S/C17H16BrF2N3O/c18-13-2-1-11-7-17(21,4-3-10(11)5-13)16(24)23-14-6-12(15(19)20)8-22-9-14/h1-2,5-6,8-9,15H,3-4,7,21H2,(H,23,24). The van der Waals surface area contributed by atoms with Gasteiger partial charge in [0.1, 0.15) is 5.54 Å². The van der Waals surface area contributed by atoms with Crippen LogP contribution in [0, 0.1) is 0 Å². The van der Waals surface area contributed by atoms with Crippen molar-refractivity contribution in [3.8, 4) is 0 Å². The lowest BCUT2D eigenvalue weighted by atomic mass is 9.78. The Morgan fingerprint density at radius 3 is 2.83 bits per heavy atom. The summed E-state index contributed by atoms with van der Waals surface area (Å²) >= 11 is 3.43. The summed E-state index contributed by atoms with van der Waals surface area (Å²) in [7, 11) is 0. The van der Waals surface area contributed by atoms with E-state index in [0.717, 1.165) is 16.2 Å². The van der Waals surface area contributed by atoms with Crippen LogP contribution in [-0.2, 0) is 17.6 Å². The van der Waals surface area contributed by atoms with Crippen molar-refractivity contribution < 1.29 is 13.6 Å². The van der Waals surface area contributed by atoms with Gasteiger partial charge in [-0.05, 0) is 48.6 Å². The molecule has 2 aromatic rings. The SMILES string of the molecule is NC1(C(=O)Nc2cncc(C(F)F)c2)CCc2cc(Br)ccc2C1. The molecule has 0 saturated heterocycles. The number of benzene rings is 1. The monoisotopic (exact) mass is 395 g/mol. The fourth-order valence-electron chi connectivity index (χ4n) is 2.88. The molecule has 24 heavy (non-hydrogen) atoms. The molecule has 1 amide bonds. The molecular weight excluding hydrogens is 380 g/mol. The molecule has 7 heteroatoms. The highest BCUT2D eigenvalue weighted by Crippen LogP contribution is 2.30. The van der Waals surface area contributed by atoms with Crippen LogP contribution < -0.4 is 11.1 Å². The topological polar surface area (TPSA) is 68.0 Å². The first-order valence-corrected chi connectivity index (χ1v) is 8.27. The number of pyridine rings is 1. The minimum absolute atomic E-state index is 0.226. The summed E-state index contributed by atoms with van der Waals surface area (Å²) in [5, 5.41) is 2.62. The van der Waals surface area contributed by atoms with Crippen LogP contribution in [0.5, 0.6) is 0 Å². The summed E-state index contributed by atoms with van der Waals surface area (Å²) in [6.07, 6.45) is 1.36. The third kappa shape index (κ3) is 3.47. The van der Waals surface area contributed by atoms with Crippen molar-refractivity contribution in [1.29, 1.82) is 0 Å². The predicted octanol–water partition coefficient (Wildman–Crippen LogP) is 3.61. The second-order valence-corrected chi connectivity index (χ2v) is 6.92. The third-order valence-corrected chi connectivity index (χ3v) is 4.73. The third-order valence-electron chi connectivity index (χ3n) is 4.24. The lowest BCUT2D eigenvalue weighted by Gasteiger charge is -2.33. The summed E-state index contributed by atoms with van der Waals surface area (Å²) < 4.78 is 26.5. The quantitative estimate of drug-likeness (QED) is 0.833. The number of alkyl halides is 2. The van der Waals surface area contributed by atoms with Crippen LogP contribution in [0.2, 0.25) is 0 Å². The van der Waals surface area contributed by atoms with Gasteiger partial charge in [-0.2, -0.15) is 0 Å². The largest absolute Gasteiger partial charge is 0.323 e. The molecule has 0 radical (unpaired) electrons. The first-order valence-electron chi connectivity index (χ1n) is 7.48. The minimum atomic E-state index is -2.64. The van der Waals surface area contributed by atoms with Gasteiger partial charge in [0.15, 0.2) is 0 Å². The van der Waals surface area contributed by atoms with Gasteiger partial charge in [-0.1, -0.05) is 22.0 Å². The van der Waals surface area contributed by atoms with E-state index in [0.29, 0.717) is 19.3 Å². The Morgan fingerprint density at radius 1 is 1.29 bits per heavy atom. The number of rotatable bonds is 3. The van der Waals surface area contributed by atoms with Gasteiger partial charge in [0.05, 0.1) is 11.9 Å². The Bertz CT molecular complexity index is 784. The van der Waals surface area contributed by atoms with E-state index in [1.54, 1.807) is 0 Å². The van der Waals surface area contributed by atoms with Crippen LogP contribution in [-0.4, -0.2) is 16.4 Å². The molecular formula is C17H16BrF2N3O. The van der Waals surface area contributed by atoms with E-state index in [1.165, 1.54) is 17.8 Å². The number of aryl methyl sites for hydroxylation is 1. The molecule has 0 fully saturated rings. The second-order valence-electron chi connectivity index (χ2n) is 6.01. The molecule has 1 atom stereocenters. The van der Waals surface area contributed by atoms with Crippen LogP contribution in [0.3, 0.4) is 0 Å². The summed E-state index contributed by atoms with van der Waals surface area (Å²) in [4.78, 5) is 16.3. The van der Waals surface area contributed by atoms with Gasteiger partial charge in [0.25, 0.3) is 6.43 Å². The van der Waals surface area contributed by atoms with E-state index < -0.39 is 12.0 Å². The number of carbonyl (C=O) groups excluding carboxylic acids is 1. The van der Waals surface area contributed by atoms with E-state index in [4.69, 9.17) is 5.73 Å². The summed E-state index contributed by atoms with van der Waals surface area (Å²) in [6, 6.07) is 7.11. The Morgan fingerprint density at radius 2 is 2.08 bits per heavy atom. The first-order chi connectivity index (χ1) is 11.4. The Kier molecular flexibility index (Phi) is 4.64. The zero-order chi connectivity index (χ0) is 17.3. The molecule has 0 spiro atoms. The Hall–Kier alpha value is -1.86. The summed E-state index contributed by atoms with van der Waals surface area (Å²) in [6.45, 7) is 0. The molecule has 1 unspecified atom stereocenters. The van der Waals surface area contributed by atoms with E-state index in [1.807, 2.05) is 18.2 Å². The van der Waals surface area contributed by atoms with Crippen molar-refractivity contribution in [2.45, 2.75) is 31.2 Å². The molecule has 1 aromatic carbocycles. The maximum atomic E-state index is 12.7. The average molecular weight is 396 g/mol. The fourth-order valence-corrected chi connectivity index (χ4v) is 3.29. The van der Waals surface area contributed by atoms with Gasteiger partial charge in [-0.3, -0.25) is 9.78 Å². The maximum Gasteiger partial charge on any atom is 0.265 e. The molecule has 0 aliphatic heterocycles. The molecule has 1 aromatic heterocycles. The number of amides is 1. The number of aromatic nitrogens is 1. The van der Waals surface area contributed by atoms with Gasteiger partial charge < -0.3 is 11.1 Å². The Balaban J connectivity index is 1.77. The summed E-state index contributed by atoms with van der Waals surface area (Å²) in [5.74, 6) is -0.385. The number of hydrogen-bond acceptors (Lipinski definition) is 3. The van der Waals surface area contributed by atoms with Gasteiger partial charge >= 0.3 is 0 Å². The van der Waals surface area contributed by atoms with Crippen LogP contribution in [0.15, 0.2) is 41.1 Å². The number of carbonyl (C=O) groups is 1. The van der Waals surface area contributed by atoms with Crippen molar-refractivity contribution in [3.05, 3.63) is 57.8 Å². The van der Waals surface area contributed by atoms with Crippen LogP contribution in [0.1, 0.15) is 29.5 Å². The number of nitrogens with one attached hydrogen (secondary N) is 1. The molecule has 1 aliphatic rings.